The van der Waals surface area contributed by atoms with Gasteiger partial charge in [-0.2, -0.15) is 0 Å². The molecule has 0 saturated heterocycles. The first-order chi connectivity index (χ1) is 13.1. The Morgan fingerprint density at radius 1 is 1.15 bits per heavy atom. The number of nitrogens with one attached hydrogen (secondary N) is 1. The molecule has 0 aliphatic carbocycles. The summed E-state index contributed by atoms with van der Waals surface area (Å²) in [6.45, 7) is 2.54. The fourth-order valence-corrected chi connectivity index (χ4v) is 3.86. The Hall–Kier alpha value is -2.64. The van der Waals surface area contributed by atoms with Gasteiger partial charge in [0.25, 0.3) is 5.91 Å². The summed E-state index contributed by atoms with van der Waals surface area (Å²) in [5, 5.41) is 4.98. The second-order valence-electron chi connectivity index (χ2n) is 6.46. The van der Waals surface area contributed by atoms with E-state index in [1.54, 1.807) is 0 Å². The summed E-state index contributed by atoms with van der Waals surface area (Å²) in [6, 6.07) is 11.5. The Bertz CT molecular complexity index is 989. The van der Waals surface area contributed by atoms with E-state index >= 15 is 0 Å². The molecule has 27 heavy (non-hydrogen) atoms. The maximum atomic E-state index is 13.3. The molecule has 2 aromatic carbocycles. The first-order valence-corrected chi connectivity index (χ1v) is 9.46. The Morgan fingerprint density at radius 3 is 2.78 bits per heavy atom. The lowest BCUT2D eigenvalue weighted by Crippen LogP contribution is -2.30. The Kier molecular flexibility index (Phi) is 4.96. The first-order valence-electron chi connectivity index (χ1n) is 8.58. The summed E-state index contributed by atoms with van der Waals surface area (Å²) < 4.78 is 26.3. The highest BCUT2D eigenvalue weighted by Gasteiger charge is 2.17. The van der Waals surface area contributed by atoms with Crippen LogP contribution in [-0.2, 0) is 19.5 Å². The van der Waals surface area contributed by atoms with Crippen molar-refractivity contribution in [3.8, 4) is 0 Å². The van der Waals surface area contributed by atoms with E-state index in [0.29, 0.717) is 11.7 Å². The molecule has 1 aliphatic heterocycles. The van der Waals surface area contributed by atoms with Gasteiger partial charge >= 0.3 is 0 Å². The van der Waals surface area contributed by atoms with E-state index in [9.17, 15) is 13.6 Å². The van der Waals surface area contributed by atoms with E-state index < -0.39 is 17.5 Å². The van der Waals surface area contributed by atoms with Gasteiger partial charge in [0.1, 0.15) is 0 Å². The van der Waals surface area contributed by atoms with Crippen molar-refractivity contribution in [2.45, 2.75) is 19.5 Å². The molecule has 0 radical (unpaired) electrons. The molecule has 0 bridgehead atoms. The first kappa shape index (κ1) is 17.8. The minimum atomic E-state index is -1.05. The summed E-state index contributed by atoms with van der Waals surface area (Å²) in [5.74, 6) is -2.54. The van der Waals surface area contributed by atoms with Crippen molar-refractivity contribution in [3.05, 3.63) is 81.9 Å². The SMILES string of the molecule is O=C(Nc1nc(CN2CCc3ccccc3C2)cs1)c1ccc(F)c(F)c1. The van der Waals surface area contributed by atoms with Crippen LogP contribution in [0.4, 0.5) is 13.9 Å². The van der Waals surface area contributed by atoms with Crippen molar-refractivity contribution in [2.24, 2.45) is 0 Å². The standard InChI is InChI=1S/C20H17F2N3OS/c21-17-6-5-14(9-18(17)22)19(26)24-20-23-16(12-27-20)11-25-8-7-13-3-1-2-4-15(13)10-25/h1-6,9,12H,7-8,10-11H2,(H,23,24,26). The molecule has 0 fully saturated rings. The second kappa shape index (κ2) is 7.54. The molecule has 0 atom stereocenters. The molecule has 2 heterocycles. The number of carbonyl (C=O) groups excluding carboxylic acids is 1. The monoisotopic (exact) mass is 385 g/mol. The molecule has 4 rings (SSSR count). The molecular weight excluding hydrogens is 368 g/mol. The largest absolute Gasteiger partial charge is 0.298 e. The van der Waals surface area contributed by atoms with Crippen LogP contribution in [0.3, 0.4) is 0 Å². The van der Waals surface area contributed by atoms with Crippen LogP contribution in [0.25, 0.3) is 0 Å². The number of hydrogen-bond acceptors (Lipinski definition) is 4. The van der Waals surface area contributed by atoms with Crippen molar-refractivity contribution < 1.29 is 13.6 Å². The van der Waals surface area contributed by atoms with Crippen molar-refractivity contribution in [1.29, 1.82) is 0 Å². The lowest BCUT2D eigenvalue weighted by atomic mass is 10.00. The molecule has 0 unspecified atom stereocenters. The van der Waals surface area contributed by atoms with Gasteiger partial charge in [-0.3, -0.25) is 15.0 Å². The number of carbonyl (C=O) groups is 1. The zero-order valence-electron chi connectivity index (χ0n) is 14.4. The number of thiazole rings is 1. The molecule has 1 amide bonds. The van der Waals surface area contributed by atoms with Crippen molar-refractivity contribution in [1.82, 2.24) is 9.88 Å². The molecule has 0 spiro atoms. The summed E-state index contributed by atoms with van der Waals surface area (Å²) in [4.78, 5) is 18.9. The number of halogens is 2. The molecular formula is C20H17F2N3OS. The van der Waals surface area contributed by atoms with Gasteiger partial charge in [-0.25, -0.2) is 13.8 Å². The highest BCUT2D eigenvalue weighted by Crippen LogP contribution is 2.22. The number of rotatable bonds is 4. The lowest BCUT2D eigenvalue weighted by molar-refractivity contribution is 0.102. The third kappa shape index (κ3) is 4.04. The third-order valence-electron chi connectivity index (χ3n) is 4.55. The molecule has 7 heteroatoms. The highest BCUT2D eigenvalue weighted by atomic mass is 32.1. The molecule has 3 aromatic rings. The fourth-order valence-electron chi connectivity index (χ4n) is 3.16. The smallest absolute Gasteiger partial charge is 0.257 e. The fraction of sp³-hybridized carbons (Fsp3) is 0.200. The van der Waals surface area contributed by atoms with Gasteiger partial charge in [-0.05, 0) is 35.7 Å². The van der Waals surface area contributed by atoms with E-state index in [4.69, 9.17) is 0 Å². The van der Waals surface area contributed by atoms with Gasteiger partial charge in [0, 0.05) is 30.6 Å². The Labute approximate surface area is 159 Å². The Balaban J connectivity index is 1.39. The maximum Gasteiger partial charge on any atom is 0.257 e. The van der Waals surface area contributed by atoms with E-state index in [0.717, 1.165) is 37.3 Å². The van der Waals surface area contributed by atoms with Crippen molar-refractivity contribution in [3.63, 3.8) is 0 Å². The maximum absolute atomic E-state index is 13.3. The zero-order valence-corrected chi connectivity index (χ0v) is 15.2. The van der Waals surface area contributed by atoms with Crippen LogP contribution < -0.4 is 5.32 Å². The van der Waals surface area contributed by atoms with E-state index in [2.05, 4.69) is 39.5 Å². The molecule has 1 N–H and O–H groups in total. The predicted octanol–water partition coefficient (Wildman–Crippen LogP) is 4.23. The van der Waals surface area contributed by atoms with Crippen molar-refractivity contribution in [2.75, 3.05) is 11.9 Å². The number of amides is 1. The molecule has 1 aromatic heterocycles. The number of benzene rings is 2. The lowest BCUT2D eigenvalue weighted by Gasteiger charge is -2.27. The van der Waals surface area contributed by atoms with Gasteiger partial charge in [-0.1, -0.05) is 24.3 Å². The number of aromatic nitrogens is 1. The quantitative estimate of drug-likeness (QED) is 0.731. The number of anilines is 1. The van der Waals surface area contributed by atoms with Gasteiger partial charge in [0.2, 0.25) is 0 Å². The predicted molar refractivity (Wildman–Crippen MR) is 101 cm³/mol. The summed E-state index contributed by atoms with van der Waals surface area (Å²) in [5.41, 5.74) is 3.66. The number of nitrogens with zero attached hydrogens (tertiary/aromatic N) is 2. The van der Waals surface area contributed by atoms with Crippen LogP contribution in [0.15, 0.2) is 47.8 Å². The van der Waals surface area contributed by atoms with Crippen LogP contribution in [0, 0.1) is 11.6 Å². The van der Waals surface area contributed by atoms with Crippen LogP contribution in [0.1, 0.15) is 27.2 Å². The highest BCUT2D eigenvalue weighted by molar-refractivity contribution is 7.13. The summed E-state index contributed by atoms with van der Waals surface area (Å²) >= 11 is 1.32. The van der Waals surface area contributed by atoms with Crippen molar-refractivity contribution >= 4 is 22.4 Å². The van der Waals surface area contributed by atoms with Gasteiger partial charge in [0.15, 0.2) is 16.8 Å². The van der Waals surface area contributed by atoms with Crippen LogP contribution in [-0.4, -0.2) is 22.3 Å². The van der Waals surface area contributed by atoms with Crippen LogP contribution in [0.2, 0.25) is 0 Å². The zero-order chi connectivity index (χ0) is 18.8. The summed E-state index contributed by atoms with van der Waals surface area (Å²) in [7, 11) is 0. The second-order valence-corrected chi connectivity index (χ2v) is 7.31. The number of hydrogen-bond donors (Lipinski definition) is 1. The van der Waals surface area contributed by atoms with Gasteiger partial charge < -0.3 is 0 Å². The minimum absolute atomic E-state index is 0.0540. The molecule has 138 valence electrons. The molecule has 4 nitrogen and oxygen atoms in total. The average Bonchev–Trinajstić information content (AvgIpc) is 3.10. The Morgan fingerprint density at radius 2 is 1.96 bits per heavy atom. The number of fused-ring (bicyclic) bond motifs is 1. The molecule has 0 saturated carbocycles. The topological polar surface area (TPSA) is 45.2 Å². The summed E-state index contributed by atoms with van der Waals surface area (Å²) in [6.07, 6.45) is 1.01. The minimum Gasteiger partial charge on any atom is -0.298 e. The van der Waals surface area contributed by atoms with Crippen LogP contribution >= 0.6 is 11.3 Å². The van der Waals surface area contributed by atoms with E-state index in [1.165, 1.54) is 28.5 Å². The van der Waals surface area contributed by atoms with Crippen LogP contribution in [0.5, 0.6) is 0 Å². The average molecular weight is 385 g/mol. The van der Waals surface area contributed by atoms with Gasteiger partial charge in [0.05, 0.1) is 5.69 Å². The molecule has 1 aliphatic rings. The third-order valence-corrected chi connectivity index (χ3v) is 5.36. The van der Waals surface area contributed by atoms with E-state index in [-0.39, 0.29) is 5.56 Å². The normalized spacial score (nSPS) is 14.0. The van der Waals surface area contributed by atoms with E-state index in [1.807, 2.05) is 5.38 Å². The van der Waals surface area contributed by atoms with Gasteiger partial charge in [-0.15, -0.1) is 11.3 Å².